The minimum absolute atomic E-state index is 0.553. The van der Waals surface area contributed by atoms with Crippen LogP contribution in [-0.2, 0) is 0 Å². The Bertz CT molecular complexity index is 805. The van der Waals surface area contributed by atoms with Gasteiger partial charge in [-0.25, -0.2) is 9.97 Å². The second-order valence-electron chi connectivity index (χ2n) is 4.45. The lowest BCUT2D eigenvalue weighted by molar-refractivity contribution is 1.22. The van der Waals surface area contributed by atoms with E-state index in [1.165, 1.54) is 0 Å². The number of pyridine rings is 1. The molecule has 0 unspecified atom stereocenters. The van der Waals surface area contributed by atoms with Gasteiger partial charge in [0.25, 0.3) is 0 Å². The summed E-state index contributed by atoms with van der Waals surface area (Å²) in [6.07, 6.45) is 1.75. The zero-order chi connectivity index (χ0) is 15.5. The van der Waals surface area contributed by atoms with E-state index in [4.69, 9.17) is 23.2 Å². The van der Waals surface area contributed by atoms with Gasteiger partial charge in [-0.1, -0.05) is 41.0 Å². The summed E-state index contributed by atoms with van der Waals surface area (Å²) in [5.41, 5.74) is 0.990. The zero-order valence-electron chi connectivity index (χ0n) is 11.5. The molecular weight excluding hydrogens is 357 g/mol. The SMILES string of the molecule is Cc1csc(Nc2cc(Sc3cccc(Cl)c3Cl)ccn2)n1. The highest BCUT2D eigenvalue weighted by Crippen LogP contribution is 2.37. The van der Waals surface area contributed by atoms with Crippen LogP contribution >= 0.6 is 46.3 Å². The van der Waals surface area contributed by atoms with E-state index in [0.29, 0.717) is 10.0 Å². The van der Waals surface area contributed by atoms with Crippen LogP contribution < -0.4 is 5.32 Å². The van der Waals surface area contributed by atoms with Crippen LogP contribution in [0.1, 0.15) is 5.69 Å². The summed E-state index contributed by atoms with van der Waals surface area (Å²) in [6, 6.07) is 9.49. The molecule has 3 rings (SSSR count). The zero-order valence-corrected chi connectivity index (χ0v) is 14.7. The van der Waals surface area contributed by atoms with E-state index in [1.807, 2.05) is 36.6 Å². The molecule has 0 amide bonds. The predicted molar refractivity (Wildman–Crippen MR) is 95.0 cm³/mol. The fourth-order valence-electron chi connectivity index (χ4n) is 1.75. The van der Waals surface area contributed by atoms with Crippen molar-refractivity contribution in [2.75, 3.05) is 5.32 Å². The van der Waals surface area contributed by atoms with Gasteiger partial charge in [0.15, 0.2) is 5.13 Å². The maximum Gasteiger partial charge on any atom is 0.188 e. The maximum absolute atomic E-state index is 6.22. The van der Waals surface area contributed by atoms with Crippen LogP contribution in [0.2, 0.25) is 10.0 Å². The van der Waals surface area contributed by atoms with Gasteiger partial charge in [0, 0.05) is 21.4 Å². The Hall–Kier alpha value is -1.27. The second-order valence-corrected chi connectivity index (χ2v) is 7.21. The minimum Gasteiger partial charge on any atom is -0.316 e. The molecule has 0 spiro atoms. The molecule has 3 nitrogen and oxygen atoms in total. The summed E-state index contributed by atoms with van der Waals surface area (Å²) in [7, 11) is 0. The van der Waals surface area contributed by atoms with Gasteiger partial charge >= 0.3 is 0 Å². The third kappa shape index (κ3) is 3.73. The summed E-state index contributed by atoms with van der Waals surface area (Å²) in [5, 5.41) is 7.14. The predicted octanol–water partition coefficient (Wildman–Crippen LogP) is 6.05. The van der Waals surface area contributed by atoms with Crippen LogP contribution in [0, 0.1) is 6.92 Å². The molecule has 0 aliphatic heterocycles. The summed E-state index contributed by atoms with van der Waals surface area (Å²) >= 11 is 15.4. The van der Waals surface area contributed by atoms with Crippen molar-refractivity contribution in [3.63, 3.8) is 0 Å². The first-order valence-electron chi connectivity index (χ1n) is 6.39. The van der Waals surface area contributed by atoms with Gasteiger partial charge in [-0.2, -0.15) is 0 Å². The molecule has 3 aromatic rings. The number of nitrogens with one attached hydrogen (secondary N) is 1. The lowest BCUT2D eigenvalue weighted by atomic mass is 10.4. The lowest BCUT2D eigenvalue weighted by Crippen LogP contribution is -1.92. The highest BCUT2D eigenvalue weighted by molar-refractivity contribution is 7.99. The van der Waals surface area contributed by atoms with Crippen LogP contribution in [0.4, 0.5) is 10.9 Å². The Morgan fingerprint density at radius 3 is 2.86 bits per heavy atom. The van der Waals surface area contributed by atoms with Gasteiger partial charge in [-0.3, -0.25) is 0 Å². The average molecular weight is 368 g/mol. The number of benzene rings is 1. The number of nitrogens with zero attached hydrogens (tertiary/aromatic N) is 2. The average Bonchev–Trinajstić information content (AvgIpc) is 2.89. The van der Waals surface area contributed by atoms with E-state index < -0.39 is 0 Å². The van der Waals surface area contributed by atoms with Crippen LogP contribution in [0.15, 0.2) is 51.7 Å². The van der Waals surface area contributed by atoms with Crippen molar-refractivity contribution in [2.24, 2.45) is 0 Å². The molecule has 0 radical (unpaired) electrons. The van der Waals surface area contributed by atoms with E-state index in [1.54, 1.807) is 35.4 Å². The van der Waals surface area contributed by atoms with E-state index in [0.717, 1.165) is 26.4 Å². The number of aromatic nitrogens is 2. The highest BCUT2D eigenvalue weighted by atomic mass is 35.5. The van der Waals surface area contributed by atoms with Crippen LogP contribution in [0.25, 0.3) is 0 Å². The van der Waals surface area contributed by atoms with Crippen LogP contribution in [0.3, 0.4) is 0 Å². The fraction of sp³-hybridized carbons (Fsp3) is 0.0667. The van der Waals surface area contributed by atoms with Crippen molar-refractivity contribution in [3.8, 4) is 0 Å². The second kappa shape index (κ2) is 6.87. The molecule has 1 aromatic carbocycles. The molecule has 0 aliphatic rings. The molecule has 2 aromatic heterocycles. The number of rotatable bonds is 4. The Morgan fingerprint density at radius 2 is 2.09 bits per heavy atom. The quantitative estimate of drug-likeness (QED) is 0.608. The standard InChI is InChI=1S/C15H11Cl2N3S2/c1-9-8-21-15(19-9)20-13-7-10(5-6-18-13)22-12-4-2-3-11(16)14(12)17/h2-8H,1H3,(H,18,19,20). The number of aryl methyl sites for hydroxylation is 1. The topological polar surface area (TPSA) is 37.8 Å². The molecule has 0 atom stereocenters. The normalized spacial score (nSPS) is 10.7. The first kappa shape index (κ1) is 15.6. The van der Waals surface area contributed by atoms with Gasteiger partial charge in [-0.05, 0) is 31.2 Å². The third-order valence-electron chi connectivity index (χ3n) is 2.73. The van der Waals surface area contributed by atoms with Gasteiger partial charge in [0.1, 0.15) is 5.82 Å². The van der Waals surface area contributed by atoms with Gasteiger partial charge in [0.05, 0.1) is 15.7 Å². The van der Waals surface area contributed by atoms with Crippen molar-refractivity contribution >= 4 is 57.2 Å². The first-order chi connectivity index (χ1) is 10.6. The number of hydrogen-bond donors (Lipinski definition) is 1. The summed E-state index contributed by atoms with van der Waals surface area (Å²) in [5.74, 6) is 0.748. The van der Waals surface area contributed by atoms with E-state index in [9.17, 15) is 0 Å². The Balaban J connectivity index is 1.80. The molecule has 0 bridgehead atoms. The number of halogens is 2. The molecule has 112 valence electrons. The van der Waals surface area contributed by atoms with Crippen molar-refractivity contribution in [2.45, 2.75) is 16.7 Å². The summed E-state index contributed by atoms with van der Waals surface area (Å²) in [6.45, 7) is 1.96. The lowest BCUT2D eigenvalue weighted by Gasteiger charge is -2.07. The van der Waals surface area contributed by atoms with Crippen molar-refractivity contribution in [1.29, 1.82) is 0 Å². The van der Waals surface area contributed by atoms with Gasteiger partial charge in [0.2, 0.25) is 0 Å². The Morgan fingerprint density at radius 1 is 1.23 bits per heavy atom. The third-order valence-corrected chi connectivity index (χ3v) is 5.59. The molecule has 7 heteroatoms. The maximum atomic E-state index is 6.22. The van der Waals surface area contributed by atoms with Crippen molar-refractivity contribution in [1.82, 2.24) is 9.97 Å². The minimum atomic E-state index is 0.553. The smallest absolute Gasteiger partial charge is 0.188 e. The number of hydrogen-bond acceptors (Lipinski definition) is 5. The van der Waals surface area contributed by atoms with E-state index in [-0.39, 0.29) is 0 Å². The fourth-order valence-corrected chi connectivity index (χ4v) is 3.82. The monoisotopic (exact) mass is 367 g/mol. The van der Waals surface area contributed by atoms with E-state index >= 15 is 0 Å². The molecule has 0 saturated heterocycles. The highest BCUT2D eigenvalue weighted by Gasteiger charge is 2.07. The molecule has 0 saturated carbocycles. The molecule has 0 fully saturated rings. The molecular formula is C15H11Cl2N3S2. The molecule has 22 heavy (non-hydrogen) atoms. The molecule has 2 heterocycles. The summed E-state index contributed by atoms with van der Waals surface area (Å²) < 4.78 is 0. The molecule has 0 aliphatic carbocycles. The van der Waals surface area contributed by atoms with Gasteiger partial charge in [-0.15, -0.1) is 11.3 Å². The Kier molecular flexibility index (Phi) is 4.88. The van der Waals surface area contributed by atoms with Crippen LogP contribution in [0.5, 0.6) is 0 Å². The van der Waals surface area contributed by atoms with Crippen LogP contribution in [-0.4, -0.2) is 9.97 Å². The first-order valence-corrected chi connectivity index (χ1v) is 8.84. The van der Waals surface area contributed by atoms with Crippen molar-refractivity contribution < 1.29 is 0 Å². The Labute approximate surface area is 146 Å². The largest absolute Gasteiger partial charge is 0.316 e. The van der Waals surface area contributed by atoms with E-state index in [2.05, 4.69) is 15.3 Å². The summed E-state index contributed by atoms with van der Waals surface area (Å²) in [4.78, 5) is 10.6. The molecule has 1 N–H and O–H groups in total. The number of anilines is 2. The van der Waals surface area contributed by atoms with Gasteiger partial charge < -0.3 is 5.32 Å². The number of thiazole rings is 1. The van der Waals surface area contributed by atoms with Crippen molar-refractivity contribution in [3.05, 3.63) is 57.6 Å².